The van der Waals surface area contributed by atoms with Crippen LogP contribution in [0, 0.1) is 0 Å². The van der Waals surface area contributed by atoms with E-state index in [0.717, 1.165) is 56.1 Å². The number of ether oxygens (including phenoxy) is 2. The molecular formula is C43H37N3O2. The van der Waals surface area contributed by atoms with Gasteiger partial charge in [-0.1, -0.05) is 133 Å². The predicted octanol–water partition coefficient (Wildman–Crippen LogP) is 9.80. The lowest BCUT2D eigenvalue weighted by Gasteiger charge is -2.11. The van der Waals surface area contributed by atoms with Crippen molar-refractivity contribution in [1.29, 1.82) is 0 Å². The van der Waals surface area contributed by atoms with Crippen LogP contribution >= 0.6 is 0 Å². The van der Waals surface area contributed by atoms with Gasteiger partial charge in [0.15, 0.2) is 0 Å². The van der Waals surface area contributed by atoms with Crippen LogP contribution < -0.4 is 0 Å². The Morgan fingerprint density at radius 1 is 0.479 bits per heavy atom. The minimum atomic E-state index is 0.549. The van der Waals surface area contributed by atoms with Gasteiger partial charge in [0.25, 0.3) is 0 Å². The van der Waals surface area contributed by atoms with E-state index in [2.05, 4.69) is 138 Å². The lowest BCUT2D eigenvalue weighted by Crippen LogP contribution is -2.09. The molecule has 0 amide bonds. The predicted molar refractivity (Wildman–Crippen MR) is 199 cm³/mol. The minimum Gasteiger partial charge on any atom is -0.382 e. The summed E-state index contributed by atoms with van der Waals surface area (Å²) in [4.78, 5) is 10.5. The van der Waals surface area contributed by atoms with Gasteiger partial charge in [-0.25, -0.2) is 9.98 Å². The van der Waals surface area contributed by atoms with Crippen LogP contribution in [0.2, 0.25) is 0 Å². The van der Waals surface area contributed by atoms with Crippen molar-refractivity contribution in [2.45, 2.75) is 6.54 Å². The summed E-state index contributed by atoms with van der Waals surface area (Å²) in [6.07, 6.45) is 0. The Kier molecular flexibility index (Phi) is 9.60. The molecule has 0 spiro atoms. The van der Waals surface area contributed by atoms with Crippen molar-refractivity contribution in [1.82, 2.24) is 4.57 Å². The Hall–Kier alpha value is -5.62. The second kappa shape index (κ2) is 14.9. The van der Waals surface area contributed by atoms with Crippen LogP contribution in [0.25, 0.3) is 21.8 Å². The maximum Gasteiger partial charge on any atom is 0.0781 e. The zero-order valence-corrected chi connectivity index (χ0v) is 27.0. The van der Waals surface area contributed by atoms with E-state index < -0.39 is 0 Å². The van der Waals surface area contributed by atoms with Gasteiger partial charge in [0.1, 0.15) is 0 Å². The number of benzene rings is 6. The van der Waals surface area contributed by atoms with Crippen LogP contribution in [-0.4, -0.2) is 42.9 Å². The standard InChI is InChI=1S/C43H37N3O2/c1-47-28-29-48-27-26-46-40-30-36(44-42(32-14-6-2-7-15-32)33-16-8-3-9-17-33)22-24-38(40)39-25-23-37(31-41(39)46)45-43(34-18-10-4-11-19-34)35-20-12-5-13-21-35/h2-25,30-31H,26-29H2,1H3. The van der Waals surface area contributed by atoms with E-state index in [9.17, 15) is 0 Å². The average molecular weight is 628 g/mol. The van der Waals surface area contributed by atoms with Crippen molar-refractivity contribution in [3.05, 3.63) is 180 Å². The van der Waals surface area contributed by atoms with Gasteiger partial charge in [-0.2, -0.15) is 0 Å². The summed E-state index contributed by atoms with van der Waals surface area (Å²) >= 11 is 0. The molecule has 1 heterocycles. The minimum absolute atomic E-state index is 0.549. The number of nitrogens with zero attached hydrogens (tertiary/aromatic N) is 3. The molecule has 0 radical (unpaired) electrons. The van der Waals surface area contributed by atoms with Gasteiger partial charge in [0.2, 0.25) is 0 Å². The zero-order valence-electron chi connectivity index (χ0n) is 27.0. The van der Waals surface area contributed by atoms with Gasteiger partial charge in [0, 0.05) is 46.7 Å². The number of rotatable bonds is 12. The quantitative estimate of drug-likeness (QED) is 0.100. The van der Waals surface area contributed by atoms with Crippen LogP contribution in [-0.2, 0) is 16.0 Å². The molecule has 0 aliphatic heterocycles. The number of aliphatic imine (C=N–C) groups is 2. The molecule has 0 atom stereocenters. The average Bonchev–Trinajstić information content (AvgIpc) is 3.46. The van der Waals surface area contributed by atoms with Crippen LogP contribution in [0.15, 0.2) is 168 Å². The molecule has 0 bridgehead atoms. The number of fused-ring (bicyclic) bond motifs is 3. The highest BCUT2D eigenvalue weighted by Crippen LogP contribution is 2.35. The van der Waals surface area contributed by atoms with E-state index in [0.29, 0.717) is 26.4 Å². The van der Waals surface area contributed by atoms with E-state index >= 15 is 0 Å². The molecule has 0 fully saturated rings. The Bertz CT molecular complexity index is 1940. The smallest absolute Gasteiger partial charge is 0.0781 e. The third kappa shape index (κ3) is 6.88. The fraction of sp³-hybridized carbons (Fsp3) is 0.116. The summed E-state index contributed by atoms with van der Waals surface area (Å²) in [6, 6.07) is 54.5. The van der Waals surface area contributed by atoms with E-state index in [1.54, 1.807) is 7.11 Å². The number of hydrogen-bond donors (Lipinski definition) is 0. The topological polar surface area (TPSA) is 48.1 Å². The Labute approximate surface area is 281 Å². The first-order valence-electron chi connectivity index (χ1n) is 16.3. The van der Waals surface area contributed by atoms with Crippen LogP contribution in [0.1, 0.15) is 22.3 Å². The largest absolute Gasteiger partial charge is 0.382 e. The first-order chi connectivity index (χ1) is 23.8. The van der Waals surface area contributed by atoms with E-state index in [1.807, 2.05) is 24.3 Å². The molecular weight excluding hydrogens is 590 g/mol. The second-order valence-electron chi connectivity index (χ2n) is 11.5. The van der Waals surface area contributed by atoms with Gasteiger partial charge in [-0.05, 0) is 24.3 Å². The third-order valence-corrected chi connectivity index (χ3v) is 8.40. The first kappa shape index (κ1) is 31.0. The van der Waals surface area contributed by atoms with Crippen LogP contribution in [0.5, 0.6) is 0 Å². The maximum atomic E-state index is 5.97. The van der Waals surface area contributed by atoms with E-state index in [1.165, 1.54) is 10.8 Å². The summed E-state index contributed by atoms with van der Waals surface area (Å²) in [6.45, 7) is 2.35. The normalized spacial score (nSPS) is 11.1. The molecule has 48 heavy (non-hydrogen) atoms. The van der Waals surface area contributed by atoms with Crippen molar-refractivity contribution in [2.24, 2.45) is 9.98 Å². The highest BCUT2D eigenvalue weighted by atomic mass is 16.5. The molecule has 236 valence electrons. The lowest BCUT2D eigenvalue weighted by atomic mass is 10.0. The maximum absolute atomic E-state index is 5.97. The third-order valence-electron chi connectivity index (χ3n) is 8.40. The van der Waals surface area contributed by atoms with Crippen LogP contribution in [0.4, 0.5) is 11.4 Å². The van der Waals surface area contributed by atoms with Crippen molar-refractivity contribution in [2.75, 3.05) is 26.9 Å². The van der Waals surface area contributed by atoms with E-state index in [4.69, 9.17) is 19.5 Å². The fourth-order valence-corrected chi connectivity index (χ4v) is 6.09. The van der Waals surface area contributed by atoms with Gasteiger partial charge in [0.05, 0.1) is 53.7 Å². The Balaban J connectivity index is 1.36. The Morgan fingerprint density at radius 2 is 0.875 bits per heavy atom. The number of hydrogen-bond acceptors (Lipinski definition) is 4. The van der Waals surface area contributed by atoms with Gasteiger partial charge < -0.3 is 14.0 Å². The summed E-state index contributed by atoms with van der Waals surface area (Å²) in [5.41, 5.74) is 10.2. The highest BCUT2D eigenvalue weighted by Gasteiger charge is 2.15. The summed E-state index contributed by atoms with van der Waals surface area (Å²) in [5.74, 6) is 0. The van der Waals surface area contributed by atoms with Crippen molar-refractivity contribution >= 4 is 44.6 Å². The van der Waals surface area contributed by atoms with Crippen LogP contribution in [0.3, 0.4) is 0 Å². The lowest BCUT2D eigenvalue weighted by molar-refractivity contribution is 0.0673. The van der Waals surface area contributed by atoms with Gasteiger partial charge in [-0.15, -0.1) is 0 Å². The van der Waals surface area contributed by atoms with Gasteiger partial charge >= 0.3 is 0 Å². The summed E-state index contributed by atoms with van der Waals surface area (Å²) in [7, 11) is 1.69. The molecule has 6 aromatic carbocycles. The molecule has 1 aromatic heterocycles. The fourth-order valence-electron chi connectivity index (χ4n) is 6.09. The van der Waals surface area contributed by atoms with Crippen molar-refractivity contribution in [3.8, 4) is 0 Å². The molecule has 5 nitrogen and oxygen atoms in total. The first-order valence-corrected chi connectivity index (χ1v) is 16.3. The van der Waals surface area contributed by atoms with E-state index in [-0.39, 0.29) is 0 Å². The molecule has 0 aliphatic carbocycles. The summed E-state index contributed by atoms with van der Waals surface area (Å²) < 4.78 is 13.5. The molecule has 5 heteroatoms. The molecule has 0 N–H and O–H groups in total. The van der Waals surface area contributed by atoms with Crippen molar-refractivity contribution < 1.29 is 9.47 Å². The molecule has 0 saturated carbocycles. The molecule has 7 rings (SSSR count). The molecule has 0 unspecified atom stereocenters. The van der Waals surface area contributed by atoms with Crippen molar-refractivity contribution in [3.63, 3.8) is 0 Å². The number of aromatic nitrogens is 1. The SMILES string of the molecule is COCCOCCn1c2cc(N=C(c3ccccc3)c3ccccc3)ccc2c2ccc(N=C(c3ccccc3)c3ccccc3)cc21. The number of methoxy groups -OCH3 is 1. The zero-order chi connectivity index (χ0) is 32.5. The van der Waals surface area contributed by atoms with Gasteiger partial charge in [-0.3, -0.25) is 0 Å². The second-order valence-corrected chi connectivity index (χ2v) is 11.5. The summed E-state index contributed by atoms with van der Waals surface area (Å²) in [5, 5.41) is 2.34. The molecule has 7 aromatic rings. The molecule has 0 saturated heterocycles. The highest BCUT2D eigenvalue weighted by molar-refractivity contribution is 6.16. The molecule has 0 aliphatic rings. The Morgan fingerprint density at radius 3 is 1.25 bits per heavy atom. The monoisotopic (exact) mass is 627 g/mol.